The minimum absolute atomic E-state index is 0.0228. The molecule has 0 bridgehead atoms. The van der Waals surface area contributed by atoms with E-state index in [1.54, 1.807) is 16.9 Å². The van der Waals surface area contributed by atoms with Crippen molar-refractivity contribution in [3.63, 3.8) is 0 Å². The van der Waals surface area contributed by atoms with Gasteiger partial charge < -0.3 is 21.1 Å². The van der Waals surface area contributed by atoms with Crippen LogP contribution in [0.1, 0.15) is 25.1 Å². The van der Waals surface area contributed by atoms with Crippen LogP contribution in [0.3, 0.4) is 0 Å². The Labute approximate surface area is 215 Å². The first kappa shape index (κ1) is 26.5. The predicted octanol–water partition coefficient (Wildman–Crippen LogP) is 3.10. The third-order valence-corrected chi connectivity index (χ3v) is 6.58. The van der Waals surface area contributed by atoms with E-state index in [-0.39, 0.29) is 24.5 Å². The number of aromatic nitrogens is 4. The average molecular weight is 513 g/mol. The summed E-state index contributed by atoms with van der Waals surface area (Å²) in [5.41, 5.74) is 8.38. The van der Waals surface area contributed by atoms with E-state index in [9.17, 15) is 13.9 Å². The third-order valence-electron chi connectivity index (χ3n) is 6.58. The summed E-state index contributed by atoms with van der Waals surface area (Å²) in [6.45, 7) is 9.71. The number of nitrogens with zero attached hydrogens (tertiary/aromatic N) is 6. The molecular formula is C26H34F2N8O. The fourth-order valence-electron chi connectivity index (χ4n) is 4.30. The van der Waals surface area contributed by atoms with E-state index >= 15 is 0 Å². The number of halogens is 2. The molecule has 0 amide bonds. The van der Waals surface area contributed by atoms with Crippen molar-refractivity contribution in [1.29, 1.82) is 0 Å². The lowest BCUT2D eigenvalue weighted by atomic mass is 10.1. The zero-order valence-electron chi connectivity index (χ0n) is 21.4. The first-order valence-corrected chi connectivity index (χ1v) is 12.4. The lowest BCUT2D eigenvalue weighted by molar-refractivity contribution is 0.249. The molecule has 1 saturated heterocycles. The van der Waals surface area contributed by atoms with E-state index in [1.165, 1.54) is 12.1 Å². The summed E-state index contributed by atoms with van der Waals surface area (Å²) in [6, 6.07) is 5.25. The Kier molecular flexibility index (Phi) is 8.34. The molecule has 1 aliphatic heterocycles. The lowest BCUT2D eigenvalue weighted by Crippen LogP contribution is -2.46. The molecule has 0 saturated carbocycles. The summed E-state index contributed by atoms with van der Waals surface area (Å²) in [6.07, 6.45) is 5.89. The summed E-state index contributed by atoms with van der Waals surface area (Å²) in [4.78, 5) is 12.9. The number of benzene rings is 1. The average Bonchev–Trinajstić information content (AvgIpc) is 3.22. The van der Waals surface area contributed by atoms with Gasteiger partial charge in [0, 0.05) is 56.1 Å². The fourth-order valence-corrected chi connectivity index (χ4v) is 4.30. The summed E-state index contributed by atoms with van der Waals surface area (Å²) < 4.78 is 28.8. The van der Waals surface area contributed by atoms with Gasteiger partial charge in [-0.05, 0) is 25.0 Å². The number of anilines is 3. The topological polar surface area (TPSA) is 108 Å². The van der Waals surface area contributed by atoms with Gasteiger partial charge >= 0.3 is 0 Å². The Balaban J connectivity index is 1.37. The van der Waals surface area contributed by atoms with Gasteiger partial charge in [-0.3, -0.25) is 4.90 Å². The van der Waals surface area contributed by atoms with Crippen molar-refractivity contribution < 1.29 is 13.9 Å². The summed E-state index contributed by atoms with van der Waals surface area (Å²) in [5, 5.41) is 17.3. The van der Waals surface area contributed by atoms with E-state index in [2.05, 4.69) is 31.4 Å². The van der Waals surface area contributed by atoms with Gasteiger partial charge in [-0.15, -0.1) is 0 Å². The van der Waals surface area contributed by atoms with Gasteiger partial charge in [0.25, 0.3) is 0 Å². The van der Waals surface area contributed by atoms with Gasteiger partial charge in [-0.2, -0.15) is 15.1 Å². The number of piperazine rings is 1. The normalized spacial score (nSPS) is 15.6. The molecule has 0 spiro atoms. The first-order chi connectivity index (χ1) is 17.7. The van der Waals surface area contributed by atoms with Crippen LogP contribution < -0.4 is 16.0 Å². The zero-order valence-corrected chi connectivity index (χ0v) is 21.4. The van der Waals surface area contributed by atoms with Crippen LogP contribution in [0, 0.1) is 24.5 Å². The molecule has 4 N–H and O–H groups in total. The second-order valence-electron chi connectivity index (χ2n) is 9.56. The van der Waals surface area contributed by atoms with Crippen molar-refractivity contribution >= 4 is 23.5 Å². The van der Waals surface area contributed by atoms with Gasteiger partial charge in [0.05, 0.1) is 24.5 Å². The Morgan fingerprint density at radius 3 is 2.43 bits per heavy atom. The molecule has 0 unspecified atom stereocenters. The second kappa shape index (κ2) is 11.7. The fraction of sp³-hybridized carbons (Fsp3) is 0.423. The number of hydrogen-bond donors (Lipinski definition) is 3. The predicted molar refractivity (Wildman–Crippen MR) is 142 cm³/mol. The first-order valence-electron chi connectivity index (χ1n) is 12.4. The molecule has 3 aromatic rings. The monoisotopic (exact) mass is 512 g/mol. The summed E-state index contributed by atoms with van der Waals surface area (Å²) >= 11 is 0. The van der Waals surface area contributed by atoms with Crippen LogP contribution in [0.2, 0.25) is 0 Å². The maximum atomic E-state index is 13.5. The molecule has 0 aliphatic carbocycles. The highest BCUT2D eigenvalue weighted by Gasteiger charge is 2.18. The zero-order chi connectivity index (χ0) is 26.5. The third kappa shape index (κ3) is 6.60. The van der Waals surface area contributed by atoms with Gasteiger partial charge in [-0.1, -0.05) is 26.0 Å². The Hall–Kier alpha value is -3.57. The summed E-state index contributed by atoms with van der Waals surface area (Å²) in [7, 11) is 0. The number of hydrogen-bond acceptors (Lipinski definition) is 8. The van der Waals surface area contributed by atoms with Crippen LogP contribution in [-0.2, 0) is 0 Å². The van der Waals surface area contributed by atoms with E-state index in [0.717, 1.165) is 37.0 Å². The number of nitrogen functional groups attached to an aromatic ring is 1. The number of aliphatic hydroxyl groups is 1. The molecular weight excluding hydrogens is 478 g/mol. The molecule has 9 nitrogen and oxygen atoms in total. The van der Waals surface area contributed by atoms with Crippen LogP contribution in [-0.4, -0.2) is 75.1 Å². The molecule has 37 heavy (non-hydrogen) atoms. The van der Waals surface area contributed by atoms with Crippen LogP contribution >= 0.6 is 0 Å². The van der Waals surface area contributed by atoms with Gasteiger partial charge in [0.2, 0.25) is 5.95 Å². The smallest absolute Gasteiger partial charge is 0.224 e. The quantitative estimate of drug-likeness (QED) is 0.402. The maximum Gasteiger partial charge on any atom is 0.224 e. The molecule has 11 heteroatoms. The van der Waals surface area contributed by atoms with Gasteiger partial charge in [0.15, 0.2) is 5.82 Å². The van der Waals surface area contributed by atoms with Gasteiger partial charge in [-0.25, -0.2) is 13.5 Å². The van der Waals surface area contributed by atoms with Crippen molar-refractivity contribution in [2.75, 3.05) is 55.3 Å². The van der Waals surface area contributed by atoms with Crippen LogP contribution in [0.5, 0.6) is 0 Å². The molecule has 1 fully saturated rings. The van der Waals surface area contributed by atoms with Crippen LogP contribution in [0.15, 0.2) is 36.5 Å². The van der Waals surface area contributed by atoms with Gasteiger partial charge in [0.1, 0.15) is 17.5 Å². The molecule has 1 aromatic carbocycles. The van der Waals surface area contributed by atoms with Crippen LogP contribution in [0.25, 0.3) is 11.9 Å². The van der Waals surface area contributed by atoms with Crippen molar-refractivity contribution in [2.24, 2.45) is 5.92 Å². The molecule has 198 valence electrons. The Morgan fingerprint density at radius 1 is 1.08 bits per heavy atom. The largest absolute Gasteiger partial charge is 0.394 e. The number of nitrogens with one attached hydrogen (secondary N) is 1. The standard InChI is InChI=1S/C26H34F2N8O/c1-17(2)23(16-37)31-24-14-25(33-26(29)32-24)36-18(3)19(15-30-36)5-4-6-34-7-9-35(10-8-34)22-12-20(27)11-21(28)13-22/h4-5,11-15,17,23,37H,6-10,16H2,1-3H3,(H3,29,31,32,33)/b5-4+/t23-/m1/s1. The maximum absolute atomic E-state index is 13.5. The number of rotatable bonds is 9. The molecule has 0 radical (unpaired) electrons. The Morgan fingerprint density at radius 2 is 1.78 bits per heavy atom. The van der Waals surface area contributed by atoms with Crippen LogP contribution in [0.4, 0.5) is 26.2 Å². The molecule has 4 rings (SSSR count). The van der Waals surface area contributed by atoms with E-state index in [0.29, 0.717) is 30.4 Å². The minimum Gasteiger partial charge on any atom is -0.394 e. The van der Waals surface area contributed by atoms with E-state index < -0.39 is 11.6 Å². The SMILES string of the molecule is Cc1c(/C=C/CN2CCN(c3cc(F)cc(F)c3)CC2)cnn1-c1cc(N[C@H](CO)C(C)C)nc(N)n1. The molecule has 1 aliphatic rings. The van der Waals surface area contributed by atoms with Crippen molar-refractivity contribution in [3.8, 4) is 5.82 Å². The van der Waals surface area contributed by atoms with E-state index in [4.69, 9.17) is 5.73 Å². The molecule has 3 heterocycles. The highest BCUT2D eigenvalue weighted by atomic mass is 19.1. The van der Waals surface area contributed by atoms with Crippen molar-refractivity contribution in [1.82, 2.24) is 24.6 Å². The second-order valence-corrected chi connectivity index (χ2v) is 9.56. The highest BCUT2D eigenvalue weighted by Crippen LogP contribution is 2.21. The van der Waals surface area contributed by atoms with Crippen molar-refractivity contribution in [2.45, 2.75) is 26.8 Å². The van der Waals surface area contributed by atoms with Crippen molar-refractivity contribution in [3.05, 3.63) is 59.4 Å². The highest BCUT2D eigenvalue weighted by molar-refractivity contribution is 5.54. The Bertz CT molecular complexity index is 1220. The molecule has 2 aromatic heterocycles. The number of nitrogens with two attached hydrogens (primary N) is 1. The van der Waals surface area contributed by atoms with E-state index in [1.807, 2.05) is 31.7 Å². The summed E-state index contributed by atoms with van der Waals surface area (Å²) in [5.74, 6) is 0.282. The molecule has 1 atom stereocenters. The lowest BCUT2D eigenvalue weighted by Gasteiger charge is -2.35. The number of aliphatic hydroxyl groups excluding tert-OH is 1. The minimum atomic E-state index is -0.557.